The molecule has 8 nitrogen and oxygen atoms in total. The molecule has 0 unspecified atom stereocenters. The smallest absolute Gasteiger partial charge is 0.254 e. The maximum Gasteiger partial charge on any atom is 0.254 e. The van der Waals surface area contributed by atoms with Gasteiger partial charge in [0.05, 0.1) is 31.0 Å². The number of amides is 1. The first kappa shape index (κ1) is 22.3. The van der Waals surface area contributed by atoms with Crippen molar-refractivity contribution in [2.45, 2.75) is 47.3 Å². The van der Waals surface area contributed by atoms with Crippen LogP contribution in [-0.2, 0) is 19.6 Å². The van der Waals surface area contributed by atoms with Gasteiger partial charge in [-0.05, 0) is 51.0 Å². The SMILES string of the molecule is C/C(=C\C=C(/C)Cn1cc(C(=O)NCc2cc3cc[nH]c3nc2C)cn1)Cn1cc(C)cn1. The van der Waals surface area contributed by atoms with E-state index < -0.39 is 0 Å². The molecule has 33 heavy (non-hydrogen) atoms. The van der Waals surface area contributed by atoms with Gasteiger partial charge in [-0.1, -0.05) is 23.3 Å². The maximum absolute atomic E-state index is 12.6. The summed E-state index contributed by atoms with van der Waals surface area (Å²) in [7, 11) is 0. The van der Waals surface area contributed by atoms with E-state index in [1.54, 1.807) is 17.1 Å². The van der Waals surface area contributed by atoms with Crippen LogP contribution in [0.2, 0.25) is 0 Å². The van der Waals surface area contributed by atoms with Gasteiger partial charge >= 0.3 is 0 Å². The summed E-state index contributed by atoms with van der Waals surface area (Å²) in [5.41, 5.74) is 6.79. The van der Waals surface area contributed by atoms with Crippen molar-refractivity contribution in [3.8, 4) is 0 Å². The summed E-state index contributed by atoms with van der Waals surface area (Å²) in [4.78, 5) is 20.2. The Hall–Kier alpha value is -3.94. The Morgan fingerprint density at radius 1 is 1.06 bits per heavy atom. The molecule has 0 bridgehead atoms. The number of pyridine rings is 1. The lowest BCUT2D eigenvalue weighted by Crippen LogP contribution is -2.23. The van der Waals surface area contributed by atoms with E-state index in [-0.39, 0.29) is 5.91 Å². The van der Waals surface area contributed by atoms with Gasteiger partial charge in [-0.15, -0.1) is 0 Å². The molecule has 1 amide bonds. The molecule has 4 rings (SSSR count). The van der Waals surface area contributed by atoms with E-state index >= 15 is 0 Å². The number of carbonyl (C=O) groups excluding carboxylic acids is 1. The molecule has 8 heteroatoms. The Balaban J connectivity index is 1.32. The number of nitrogens with one attached hydrogen (secondary N) is 2. The van der Waals surface area contributed by atoms with Crippen LogP contribution < -0.4 is 5.32 Å². The highest BCUT2D eigenvalue weighted by Gasteiger charge is 2.10. The first-order valence-electron chi connectivity index (χ1n) is 10.9. The lowest BCUT2D eigenvalue weighted by molar-refractivity contribution is 0.0950. The van der Waals surface area contributed by atoms with E-state index in [2.05, 4.69) is 57.5 Å². The van der Waals surface area contributed by atoms with Crippen LogP contribution in [0.4, 0.5) is 0 Å². The second-order valence-corrected chi connectivity index (χ2v) is 8.50. The second-order valence-electron chi connectivity index (χ2n) is 8.50. The summed E-state index contributed by atoms with van der Waals surface area (Å²) in [6.07, 6.45) is 13.3. The minimum atomic E-state index is -0.151. The molecule has 170 valence electrons. The predicted molar refractivity (Wildman–Crippen MR) is 129 cm³/mol. The zero-order valence-corrected chi connectivity index (χ0v) is 19.5. The van der Waals surface area contributed by atoms with Crippen molar-refractivity contribution in [3.05, 3.63) is 88.8 Å². The summed E-state index contributed by atoms with van der Waals surface area (Å²) in [5.74, 6) is -0.151. The highest BCUT2D eigenvalue weighted by Crippen LogP contribution is 2.15. The van der Waals surface area contributed by atoms with Gasteiger partial charge in [-0.3, -0.25) is 14.2 Å². The molecule has 0 aromatic carbocycles. The lowest BCUT2D eigenvalue weighted by Gasteiger charge is -2.07. The number of hydrogen-bond acceptors (Lipinski definition) is 4. The number of aryl methyl sites for hydroxylation is 2. The molecule has 0 saturated carbocycles. The molecule has 0 spiro atoms. The molecule has 0 fully saturated rings. The monoisotopic (exact) mass is 443 g/mol. The van der Waals surface area contributed by atoms with Crippen molar-refractivity contribution < 1.29 is 4.79 Å². The summed E-state index contributed by atoms with van der Waals surface area (Å²) < 4.78 is 3.70. The van der Waals surface area contributed by atoms with Crippen LogP contribution in [0.25, 0.3) is 11.0 Å². The summed E-state index contributed by atoms with van der Waals surface area (Å²) >= 11 is 0. The molecule has 4 aromatic rings. The standard InChI is InChI=1S/C25H29N7O/c1-17(13-31-15-19(3)10-28-31)5-6-18(2)14-32-16-23(12-29-32)25(33)27-11-22-9-21-7-8-26-24(21)30-20(22)4/h5-10,12,15-16H,11,13-14H2,1-4H3,(H,26,30)(H,27,33)/b17-5+,18-6+. The third-order valence-corrected chi connectivity index (χ3v) is 5.40. The summed E-state index contributed by atoms with van der Waals surface area (Å²) in [6.45, 7) is 9.91. The third kappa shape index (κ3) is 5.65. The summed E-state index contributed by atoms with van der Waals surface area (Å²) in [6, 6.07) is 4.02. The molecule has 0 aliphatic rings. The van der Waals surface area contributed by atoms with Gasteiger partial charge in [0.25, 0.3) is 5.91 Å². The number of hydrogen-bond donors (Lipinski definition) is 2. The van der Waals surface area contributed by atoms with Gasteiger partial charge in [0, 0.05) is 36.2 Å². The lowest BCUT2D eigenvalue weighted by atomic mass is 10.1. The van der Waals surface area contributed by atoms with Gasteiger partial charge in [0.2, 0.25) is 0 Å². The quantitative estimate of drug-likeness (QED) is 0.401. The Labute approximate surface area is 193 Å². The van der Waals surface area contributed by atoms with Gasteiger partial charge < -0.3 is 10.3 Å². The fraction of sp³-hybridized carbons (Fsp3) is 0.280. The number of allylic oxidation sites excluding steroid dienone is 4. The Morgan fingerprint density at radius 2 is 1.76 bits per heavy atom. The molecule has 0 aliphatic heterocycles. The predicted octanol–water partition coefficient (Wildman–Crippen LogP) is 4.10. The van der Waals surface area contributed by atoms with E-state index in [1.165, 1.54) is 5.57 Å². The molecule has 4 heterocycles. The third-order valence-electron chi connectivity index (χ3n) is 5.40. The zero-order valence-electron chi connectivity index (χ0n) is 19.5. The molecular weight excluding hydrogens is 414 g/mol. The number of aromatic amines is 1. The van der Waals surface area contributed by atoms with Crippen LogP contribution in [0.15, 0.2) is 66.4 Å². The number of aromatic nitrogens is 6. The molecule has 2 N–H and O–H groups in total. The largest absolute Gasteiger partial charge is 0.348 e. The topological polar surface area (TPSA) is 93.4 Å². The van der Waals surface area contributed by atoms with E-state index in [0.29, 0.717) is 18.7 Å². The molecule has 4 aromatic heterocycles. The van der Waals surface area contributed by atoms with Crippen molar-refractivity contribution in [1.82, 2.24) is 34.8 Å². The maximum atomic E-state index is 12.6. The Bertz CT molecular complexity index is 1340. The van der Waals surface area contributed by atoms with Crippen LogP contribution in [0, 0.1) is 13.8 Å². The summed E-state index contributed by atoms with van der Waals surface area (Å²) in [5, 5.41) is 12.7. The number of rotatable bonds is 8. The van der Waals surface area contributed by atoms with E-state index in [4.69, 9.17) is 0 Å². The average molecular weight is 444 g/mol. The van der Waals surface area contributed by atoms with E-state index in [9.17, 15) is 4.79 Å². The minimum Gasteiger partial charge on any atom is -0.348 e. The average Bonchev–Trinajstić information content (AvgIpc) is 3.52. The Kier molecular flexibility index (Phi) is 6.53. The molecular formula is C25H29N7O. The van der Waals surface area contributed by atoms with Crippen LogP contribution in [0.3, 0.4) is 0 Å². The normalized spacial score (nSPS) is 12.5. The molecule has 0 saturated heterocycles. The van der Waals surface area contributed by atoms with Crippen molar-refractivity contribution in [1.29, 1.82) is 0 Å². The van der Waals surface area contributed by atoms with Gasteiger partial charge in [-0.2, -0.15) is 10.2 Å². The fourth-order valence-electron chi connectivity index (χ4n) is 3.60. The Morgan fingerprint density at radius 3 is 2.45 bits per heavy atom. The molecule has 0 atom stereocenters. The van der Waals surface area contributed by atoms with Crippen molar-refractivity contribution >= 4 is 16.9 Å². The fourth-order valence-corrected chi connectivity index (χ4v) is 3.60. The van der Waals surface area contributed by atoms with Crippen molar-refractivity contribution in [2.75, 3.05) is 0 Å². The van der Waals surface area contributed by atoms with Gasteiger partial charge in [0.15, 0.2) is 0 Å². The van der Waals surface area contributed by atoms with E-state index in [0.717, 1.165) is 40.0 Å². The van der Waals surface area contributed by atoms with Gasteiger partial charge in [-0.25, -0.2) is 4.98 Å². The van der Waals surface area contributed by atoms with Crippen molar-refractivity contribution in [2.24, 2.45) is 0 Å². The zero-order chi connectivity index (χ0) is 23.4. The van der Waals surface area contributed by atoms with Crippen LogP contribution >= 0.6 is 0 Å². The van der Waals surface area contributed by atoms with Crippen LogP contribution in [0.5, 0.6) is 0 Å². The number of H-pyrrole nitrogens is 1. The van der Waals surface area contributed by atoms with Crippen LogP contribution in [0.1, 0.15) is 41.0 Å². The van der Waals surface area contributed by atoms with Gasteiger partial charge in [0.1, 0.15) is 5.65 Å². The molecule has 0 radical (unpaired) electrons. The van der Waals surface area contributed by atoms with Crippen LogP contribution in [-0.4, -0.2) is 35.4 Å². The first-order chi connectivity index (χ1) is 15.9. The number of carbonyl (C=O) groups is 1. The minimum absolute atomic E-state index is 0.151. The number of nitrogens with zero attached hydrogens (tertiary/aromatic N) is 5. The first-order valence-corrected chi connectivity index (χ1v) is 10.9. The van der Waals surface area contributed by atoms with E-state index in [1.807, 2.05) is 43.2 Å². The highest BCUT2D eigenvalue weighted by atomic mass is 16.1. The second kappa shape index (κ2) is 9.68. The number of fused-ring (bicyclic) bond motifs is 1. The molecule has 0 aliphatic carbocycles. The highest BCUT2D eigenvalue weighted by molar-refractivity contribution is 5.93. The van der Waals surface area contributed by atoms with Crippen molar-refractivity contribution in [3.63, 3.8) is 0 Å².